The molecule has 15 heavy (non-hydrogen) atoms. The Kier molecular flexibility index (Phi) is 4.67. The largest absolute Gasteiger partial charge is 0.381 e. The fourth-order valence-corrected chi connectivity index (χ4v) is 2.61. The predicted molar refractivity (Wildman–Crippen MR) is 60.1 cm³/mol. The lowest BCUT2D eigenvalue weighted by Crippen LogP contribution is -2.37. The number of ether oxygens (including phenoxy) is 1. The Balaban J connectivity index is 0.00000112. The SMILES string of the molecule is Cl.[N-]=[N+]=NCC1CNCC12CCOCC2. The molecule has 86 valence electrons. The van der Waals surface area contributed by atoms with Gasteiger partial charge < -0.3 is 10.1 Å². The molecular formula is C9H17ClN4O. The fourth-order valence-electron chi connectivity index (χ4n) is 2.61. The van der Waals surface area contributed by atoms with Crippen molar-refractivity contribution >= 4 is 12.4 Å². The van der Waals surface area contributed by atoms with Crippen LogP contribution in [0.4, 0.5) is 0 Å². The first-order chi connectivity index (χ1) is 6.87. The average Bonchev–Trinajstić information content (AvgIpc) is 2.59. The van der Waals surface area contributed by atoms with E-state index in [9.17, 15) is 0 Å². The molecule has 2 heterocycles. The Bertz CT molecular complexity index is 248. The van der Waals surface area contributed by atoms with E-state index in [4.69, 9.17) is 10.3 Å². The number of nitrogens with zero attached hydrogens (tertiary/aromatic N) is 3. The number of halogens is 1. The number of hydrogen-bond acceptors (Lipinski definition) is 3. The zero-order valence-corrected chi connectivity index (χ0v) is 9.50. The van der Waals surface area contributed by atoms with E-state index in [-0.39, 0.29) is 12.4 Å². The molecule has 1 N–H and O–H groups in total. The summed E-state index contributed by atoms with van der Waals surface area (Å²) in [6.45, 7) is 4.38. The molecule has 6 heteroatoms. The minimum Gasteiger partial charge on any atom is -0.381 e. The van der Waals surface area contributed by atoms with Crippen LogP contribution in [0.3, 0.4) is 0 Å². The second-order valence-corrected chi connectivity index (χ2v) is 4.22. The van der Waals surface area contributed by atoms with Gasteiger partial charge in [0.2, 0.25) is 0 Å². The predicted octanol–water partition coefficient (Wildman–Crippen LogP) is 1.73. The summed E-state index contributed by atoms with van der Waals surface area (Å²) >= 11 is 0. The number of rotatable bonds is 2. The van der Waals surface area contributed by atoms with Crippen LogP contribution in [0.2, 0.25) is 0 Å². The lowest BCUT2D eigenvalue weighted by Gasteiger charge is -2.37. The summed E-state index contributed by atoms with van der Waals surface area (Å²) in [5, 5.41) is 7.11. The van der Waals surface area contributed by atoms with Crippen LogP contribution in [0.1, 0.15) is 12.8 Å². The summed E-state index contributed by atoms with van der Waals surface area (Å²) < 4.78 is 5.38. The quantitative estimate of drug-likeness (QED) is 0.448. The molecule has 2 fully saturated rings. The lowest BCUT2D eigenvalue weighted by molar-refractivity contribution is 0.00441. The molecule has 0 radical (unpaired) electrons. The maximum atomic E-state index is 8.33. The number of nitrogens with one attached hydrogen (secondary N) is 1. The van der Waals surface area contributed by atoms with E-state index in [0.29, 0.717) is 17.9 Å². The molecule has 0 aromatic heterocycles. The second kappa shape index (κ2) is 5.56. The molecule has 5 nitrogen and oxygen atoms in total. The maximum absolute atomic E-state index is 8.33. The molecule has 0 saturated carbocycles. The van der Waals surface area contributed by atoms with Crippen molar-refractivity contribution in [3.63, 3.8) is 0 Å². The van der Waals surface area contributed by atoms with Crippen molar-refractivity contribution in [3.05, 3.63) is 10.4 Å². The zero-order valence-electron chi connectivity index (χ0n) is 8.69. The Hall–Kier alpha value is -0.480. The Morgan fingerprint density at radius 2 is 2.20 bits per heavy atom. The molecule has 0 amide bonds. The van der Waals surface area contributed by atoms with Gasteiger partial charge in [-0.2, -0.15) is 0 Å². The summed E-state index contributed by atoms with van der Waals surface area (Å²) in [7, 11) is 0. The molecule has 1 spiro atoms. The van der Waals surface area contributed by atoms with Crippen molar-refractivity contribution in [1.29, 1.82) is 0 Å². The van der Waals surface area contributed by atoms with Gasteiger partial charge in [-0.25, -0.2) is 0 Å². The molecule has 1 unspecified atom stereocenters. The standard InChI is InChI=1S/C9H16N4O.ClH/c10-13-12-6-8-5-11-7-9(8)1-3-14-4-2-9;/h8,11H,1-7H2;1H. The molecule has 2 aliphatic heterocycles. The molecule has 2 saturated heterocycles. The van der Waals surface area contributed by atoms with Crippen molar-refractivity contribution in [3.8, 4) is 0 Å². The van der Waals surface area contributed by atoms with Crippen molar-refractivity contribution in [2.24, 2.45) is 16.4 Å². The highest BCUT2D eigenvalue weighted by Crippen LogP contribution is 2.40. The summed E-state index contributed by atoms with van der Waals surface area (Å²) in [6, 6.07) is 0. The van der Waals surface area contributed by atoms with Crippen LogP contribution in [0.5, 0.6) is 0 Å². The third-order valence-electron chi connectivity index (χ3n) is 3.59. The van der Waals surface area contributed by atoms with E-state index in [1.165, 1.54) is 0 Å². The molecule has 0 aromatic carbocycles. The first-order valence-electron chi connectivity index (χ1n) is 5.17. The lowest BCUT2D eigenvalue weighted by atomic mass is 9.72. The van der Waals surface area contributed by atoms with Gasteiger partial charge in [0.15, 0.2) is 0 Å². The molecule has 0 aromatic rings. The molecule has 2 rings (SSSR count). The highest BCUT2D eigenvalue weighted by molar-refractivity contribution is 5.85. The fraction of sp³-hybridized carbons (Fsp3) is 1.00. The van der Waals surface area contributed by atoms with Crippen LogP contribution in [-0.2, 0) is 4.74 Å². The van der Waals surface area contributed by atoms with Crippen LogP contribution < -0.4 is 5.32 Å². The summed E-state index contributed by atoms with van der Waals surface area (Å²) in [4.78, 5) is 2.84. The van der Waals surface area contributed by atoms with E-state index in [0.717, 1.165) is 39.1 Å². The maximum Gasteiger partial charge on any atom is 0.0471 e. The van der Waals surface area contributed by atoms with Gasteiger partial charge in [0.1, 0.15) is 0 Å². The van der Waals surface area contributed by atoms with Crippen LogP contribution >= 0.6 is 12.4 Å². The molecular weight excluding hydrogens is 216 g/mol. The summed E-state index contributed by atoms with van der Waals surface area (Å²) in [5.41, 5.74) is 8.67. The normalized spacial score (nSPS) is 28.1. The summed E-state index contributed by atoms with van der Waals surface area (Å²) in [5.74, 6) is 0.502. The topological polar surface area (TPSA) is 70.0 Å². The van der Waals surface area contributed by atoms with Crippen LogP contribution in [0.15, 0.2) is 5.11 Å². The minimum atomic E-state index is 0. The smallest absolute Gasteiger partial charge is 0.0471 e. The average molecular weight is 233 g/mol. The van der Waals surface area contributed by atoms with Crippen LogP contribution in [0, 0.1) is 11.3 Å². The zero-order chi connectivity index (χ0) is 9.86. The minimum absolute atomic E-state index is 0. The molecule has 2 aliphatic rings. The van der Waals surface area contributed by atoms with Gasteiger partial charge in [-0.05, 0) is 36.3 Å². The highest BCUT2D eigenvalue weighted by Gasteiger charge is 2.43. The Morgan fingerprint density at radius 3 is 2.87 bits per heavy atom. The third-order valence-corrected chi connectivity index (χ3v) is 3.59. The second-order valence-electron chi connectivity index (χ2n) is 4.22. The molecule has 0 bridgehead atoms. The van der Waals surface area contributed by atoms with Gasteiger partial charge in [-0.3, -0.25) is 0 Å². The number of azide groups is 1. The van der Waals surface area contributed by atoms with E-state index in [1.54, 1.807) is 0 Å². The first kappa shape index (κ1) is 12.6. The Morgan fingerprint density at radius 1 is 1.47 bits per heavy atom. The van der Waals surface area contributed by atoms with Crippen molar-refractivity contribution < 1.29 is 4.74 Å². The third kappa shape index (κ3) is 2.55. The van der Waals surface area contributed by atoms with E-state index < -0.39 is 0 Å². The van der Waals surface area contributed by atoms with Crippen LogP contribution in [-0.4, -0.2) is 32.8 Å². The van der Waals surface area contributed by atoms with Crippen molar-refractivity contribution in [2.45, 2.75) is 12.8 Å². The van der Waals surface area contributed by atoms with Gasteiger partial charge in [0.05, 0.1) is 0 Å². The van der Waals surface area contributed by atoms with E-state index in [2.05, 4.69) is 15.3 Å². The Labute approximate surface area is 95.6 Å². The summed E-state index contributed by atoms with van der Waals surface area (Å²) in [6.07, 6.45) is 2.21. The molecule has 0 aliphatic carbocycles. The van der Waals surface area contributed by atoms with E-state index >= 15 is 0 Å². The van der Waals surface area contributed by atoms with Gasteiger partial charge in [-0.1, -0.05) is 5.11 Å². The van der Waals surface area contributed by atoms with Gasteiger partial charge in [0.25, 0.3) is 0 Å². The van der Waals surface area contributed by atoms with Gasteiger partial charge in [-0.15, -0.1) is 12.4 Å². The number of hydrogen-bond donors (Lipinski definition) is 1. The van der Waals surface area contributed by atoms with Crippen LogP contribution in [0.25, 0.3) is 10.4 Å². The molecule has 1 atom stereocenters. The van der Waals surface area contributed by atoms with Crippen molar-refractivity contribution in [1.82, 2.24) is 5.32 Å². The monoisotopic (exact) mass is 232 g/mol. The van der Waals surface area contributed by atoms with E-state index in [1.807, 2.05) is 0 Å². The highest BCUT2D eigenvalue weighted by atomic mass is 35.5. The van der Waals surface area contributed by atoms with Gasteiger partial charge in [0, 0.05) is 31.2 Å². The van der Waals surface area contributed by atoms with Gasteiger partial charge >= 0.3 is 0 Å². The first-order valence-corrected chi connectivity index (χ1v) is 5.17. The van der Waals surface area contributed by atoms with Crippen molar-refractivity contribution in [2.75, 3.05) is 32.8 Å².